The molecule has 162 valence electrons. The number of aryl methyl sites for hydroxylation is 1. The first-order valence-corrected chi connectivity index (χ1v) is 10.4. The lowest BCUT2D eigenvalue weighted by Gasteiger charge is -2.16. The van der Waals surface area contributed by atoms with Gasteiger partial charge < -0.3 is 20.6 Å². The molecule has 0 saturated heterocycles. The van der Waals surface area contributed by atoms with Crippen LogP contribution in [-0.2, 0) is 17.6 Å². The fourth-order valence-electron chi connectivity index (χ4n) is 3.00. The van der Waals surface area contributed by atoms with Gasteiger partial charge in [-0.05, 0) is 49.2 Å². The van der Waals surface area contributed by atoms with Gasteiger partial charge in [0.25, 0.3) is 5.91 Å². The Morgan fingerprint density at radius 1 is 1.13 bits per heavy atom. The molecule has 1 aromatic heterocycles. The number of nitrogens with two attached hydrogens (primary N) is 1. The largest absolute Gasteiger partial charge is 0.480 e. The number of hydrogen-bond acceptors (Lipinski definition) is 5. The molecule has 1 atom stereocenters. The number of carboxylic acid groups (broad SMARTS) is 1. The molecule has 0 radical (unpaired) electrons. The van der Waals surface area contributed by atoms with Gasteiger partial charge in [-0.3, -0.25) is 4.79 Å². The summed E-state index contributed by atoms with van der Waals surface area (Å²) >= 11 is 12.1. The fraction of sp³-hybridized carbons (Fsp3) is 0.227. The number of carbonyl (C=O) groups excluding carboxylic acids is 1. The van der Waals surface area contributed by atoms with Crippen LogP contribution in [0.4, 0.5) is 0 Å². The van der Waals surface area contributed by atoms with Crippen molar-refractivity contribution in [2.75, 3.05) is 6.54 Å². The number of hydrogen-bond donors (Lipinski definition) is 3. The number of carbonyl (C=O) groups is 2. The Morgan fingerprint density at radius 2 is 1.81 bits per heavy atom. The number of halogens is 2. The van der Waals surface area contributed by atoms with Gasteiger partial charge in [0.15, 0.2) is 0 Å². The van der Waals surface area contributed by atoms with Crippen LogP contribution >= 0.6 is 23.2 Å². The first-order chi connectivity index (χ1) is 14.9. The van der Waals surface area contributed by atoms with E-state index in [4.69, 9.17) is 33.4 Å². The number of aliphatic carboxylic acids is 1. The van der Waals surface area contributed by atoms with Crippen LogP contribution in [-0.4, -0.2) is 34.6 Å². The highest BCUT2D eigenvalue weighted by molar-refractivity contribution is 6.39. The fourth-order valence-corrected chi connectivity index (χ4v) is 3.57. The summed E-state index contributed by atoms with van der Waals surface area (Å²) in [4.78, 5) is 28.7. The number of nitrogens with one attached hydrogen (secondary N) is 1. The highest BCUT2D eigenvalue weighted by Gasteiger charge is 2.24. The lowest BCUT2D eigenvalue weighted by molar-refractivity contribution is -0.139. The molecule has 4 N–H and O–H groups in total. The van der Waals surface area contributed by atoms with Crippen LogP contribution in [0.15, 0.2) is 53.1 Å². The van der Waals surface area contributed by atoms with E-state index in [-0.39, 0.29) is 22.0 Å². The maximum Gasteiger partial charge on any atom is 0.326 e. The Kier molecular flexibility index (Phi) is 7.68. The van der Waals surface area contributed by atoms with Gasteiger partial charge in [-0.25, -0.2) is 9.78 Å². The Morgan fingerprint density at radius 3 is 2.42 bits per heavy atom. The minimum atomic E-state index is -1.17. The van der Waals surface area contributed by atoms with Gasteiger partial charge in [0.2, 0.25) is 5.89 Å². The molecule has 0 unspecified atom stereocenters. The smallest absolute Gasteiger partial charge is 0.326 e. The van der Waals surface area contributed by atoms with Crippen molar-refractivity contribution in [2.24, 2.45) is 5.73 Å². The van der Waals surface area contributed by atoms with Crippen LogP contribution in [0.25, 0.3) is 11.5 Å². The number of benzene rings is 2. The van der Waals surface area contributed by atoms with E-state index in [0.717, 1.165) is 29.7 Å². The number of oxazole rings is 1. The van der Waals surface area contributed by atoms with Gasteiger partial charge in [-0.2, -0.15) is 0 Å². The van der Waals surface area contributed by atoms with E-state index in [9.17, 15) is 14.7 Å². The third kappa shape index (κ3) is 5.85. The molecular weight excluding hydrogens is 441 g/mol. The Balaban J connectivity index is 1.70. The Bertz CT molecular complexity index is 1050. The van der Waals surface area contributed by atoms with Crippen molar-refractivity contribution in [1.29, 1.82) is 0 Å². The first kappa shape index (κ1) is 22.8. The van der Waals surface area contributed by atoms with E-state index < -0.39 is 17.9 Å². The zero-order valence-electron chi connectivity index (χ0n) is 16.5. The number of amides is 1. The topological polar surface area (TPSA) is 118 Å². The molecule has 1 amide bonds. The molecule has 2 aromatic carbocycles. The first-order valence-electron chi connectivity index (χ1n) is 9.60. The van der Waals surface area contributed by atoms with Gasteiger partial charge in [-0.1, -0.05) is 41.4 Å². The Hall–Kier alpha value is -2.87. The quantitative estimate of drug-likeness (QED) is 0.443. The normalized spacial score (nSPS) is 11.8. The molecule has 0 aliphatic rings. The molecule has 7 nitrogen and oxygen atoms in total. The molecule has 1 heterocycles. The summed E-state index contributed by atoms with van der Waals surface area (Å²) in [5.41, 5.74) is 7.87. The summed E-state index contributed by atoms with van der Waals surface area (Å²) in [6, 6.07) is 10.6. The van der Waals surface area contributed by atoms with Crippen molar-refractivity contribution in [3.63, 3.8) is 0 Å². The van der Waals surface area contributed by atoms with Crippen molar-refractivity contribution in [1.82, 2.24) is 10.3 Å². The predicted octanol–water partition coefficient (Wildman–Crippen LogP) is 3.97. The van der Waals surface area contributed by atoms with Crippen LogP contribution < -0.4 is 11.1 Å². The van der Waals surface area contributed by atoms with Crippen molar-refractivity contribution in [3.05, 3.63) is 75.6 Å². The average molecular weight is 462 g/mol. The Labute approximate surface area is 189 Å². The molecule has 0 fully saturated rings. The minimum Gasteiger partial charge on any atom is -0.480 e. The van der Waals surface area contributed by atoms with Gasteiger partial charge in [0.1, 0.15) is 12.3 Å². The average Bonchev–Trinajstić information content (AvgIpc) is 3.21. The maximum atomic E-state index is 12.5. The summed E-state index contributed by atoms with van der Waals surface area (Å²) in [6.07, 6.45) is 3.26. The zero-order chi connectivity index (χ0) is 22.4. The van der Waals surface area contributed by atoms with Crippen LogP contribution in [0.3, 0.4) is 0 Å². The molecule has 0 saturated carbocycles. The molecule has 0 aliphatic heterocycles. The van der Waals surface area contributed by atoms with Crippen molar-refractivity contribution < 1.29 is 19.1 Å². The lowest BCUT2D eigenvalue weighted by Crippen LogP contribution is -2.42. The second kappa shape index (κ2) is 10.4. The summed E-state index contributed by atoms with van der Waals surface area (Å²) in [5, 5.41) is 12.3. The van der Waals surface area contributed by atoms with Gasteiger partial charge >= 0.3 is 5.97 Å². The molecular formula is C22H21Cl2N3O4. The monoisotopic (exact) mass is 461 g/mol. The van der Waals surface area contributed by atoms with Crippen LogP contribution in [0.2, 0.25) is 10.0 Å². The molecule has 0 bridgehead atoms. The van der Waals surface area contributed by atoms with Crippen LogP contribution in [0, 0.1) is 0 Å². The number of nitrogens with zero attached hydrogens (tertiary/aromatic N) is 1. The van der Waals surface area contributed by atoms with E-state index >= 15 is 0 Å². The highest BCUT2D eigenvalue weighted by Crippen LogP contribution is 2.24. The van der Waals surface area contributed by atoms with Crippen LogP contribution in [0.5, 0.6) is 0 Å². The van der Waals surface area contributed by atoms with E-state index in [0.29, 0.717) is 12.4 Å². The van der Waals surface area contributed by atoms with Gasteiger partial charge in [-0.15, -0.1) is 0 Å². The van der Waals surface area contributed by atoms with Gasteiger partial charge in [0, 0.05) is 12.0 Å². The maximum absolute atomic E-state index is 12.5. The van der Waals surface area contributed by atoms with E-state index in [2.05, 4.69) is 10.3 Å². The van der Waals surface area contributed by atoms with Gasteiger partial charge in [0.05, 0.1) is 21.3 Å². The standard InChI is InChI=1S/C22H21Cl2N3O4/c23-16-4-1-5-17(24)19(16)20(28)27-18(22(29)30)11-13-6-8-14(9-7-13)21-26-15(12-31-21)3-2-10-25/h1,4-9,12,18H,2-3,10-11,25H2,(H,27,28)(H,29,30)/t18-/m0/s1. The van der Waals surface area contributed by atoms with E-state index in [1.807, 2.05) is 0 Å². The third-order valence-corrected chi connectivity index (χ3v) is 5.25. The second-order valence-electron chi connectivity index (χ2n) is 6.90. The third-order valence-electron chi connectivity index (χ3n) is 4.62. The minimum absolute atomic E-state index is 0.0433. The van der Waals surface area contributed by atoms with Crippen molar-refractivity contribution in [3.8, 4) is 11.5 Å². The van der Waals surface area contributed by atoms with Crippen molar-refractivity contribution in [2.45, 2.75) is 25.3 Å². The van der Waals surface area contributed by atoms with E-state index in [1.54, 1.807) is 36.6 Å². The molecule has 31 heavy (non-hydrogen) atoms. The van der Waals surface area contributed by atoms with Crippen LogP contribution in [0.1, 0.15) is 28.0 Å². The highest BCUT2D eigenvalue weighted by atomic mass is 35.5. The predicted molar refractivity (Wildman–Crippen MR) is 118 cm³/mol. The van der Waals surface area contributed by atoms with E-state index in [1.165, 1.54) is 12.1 Å². The summed E-state index contributed by atoms with van der Waals surface area (Å²) < 4.78 is 5.50. The zero-order valence-corrected chi connectivity index (χ0v) is 18.0. The molecule has 0 aliphatic carbocycles. The molecule has 3 rings (SSSR count). The number of aromatic nitrogens is 1. The van der Waals surface area contributed by atoms with Crippen molar-refractivity contribution >= 4 is 35.1 Å². The SMILES string of the molecule is NCCCc1coc(-c2ccc(C[C@H](NC(=O)c3c(Cl)cccc3Cl)C(=O)O)cc2)n1. The number of rotatable bonds is 9. The molecule has 0 spiro atoms. The summed E-state index contributed by atoms with van der Waals surface area (Å²) in [6.45, 7) is 0.584. The summed E-state index contributed by atoms with van der Waals surface area (Å²) in [7, 11) is 0. The molecule has 9 heteroatoms. The summed E-state index contributed by atoms with van der Waals surface area (Å²) in [5.74, 6) is -1.34. The molecule has 3 aromatic rings. The number of carboxylic acids is 1. The lowest BCUT2D eigenvalue weighted by atomic mass is 10.0. The second-order valence-corrected chi connectivity index (χ2v) is 7.71.